The highest BCUT2D eigenvalue weighted by Gasteiger charge is 2.38. The van der Waals surface area contributed by atoms with Crippen molar-refractivity contribution in [1.82, 2.24) is 10.2 Å². The lowest BCUT2D eigenvalue weighted by atomic mass is 9.73. The summed E-state index contributed by atoms with van der Waals surface area (Å²) in [6, 6.07) is 5.90. The highest BCUT2D eigenvalue weighted by Crippen LogP contribution is 2.41. The molecule has 2 heterocycles. The smallest absolute Gasteiger partial charge is 0.193 e. The number of ether oxygens (including phenoxy) is 2. The lowest BCUT2D eigenvalue weighted by Gasteiger charge is -2.42. The zero-order valence-electron chi connectivity index (χ0n) is 17.8. The van der Waals surface area contributed by atoms with E-state index in [0.29, 0.717) is 0 Å². The van der Waals surface area contributed by atoms with Crippen LogP contribution < -0.4 is 10.1 Å². The summed E-state index contributed by atoms with van der Waals surface area (Å²) in [5, 5.41) is 4.41. The minimum Gasteiger partial charge on any atom is -0.496 e. The third-order valence-electron chi connectivity index (χ3n) is 5.70. The van der Waals surface area contributed by atoms with Gasteiger partial charge in [0.2, 0.25) is 0 Å². The van der Waals surface area contributed by atoms with E-state index in [4.69, 9.17) is 21.1 Å². The summed E-state index contributed by atoms with van der Waals surface area (Å²) in [5.74, 6) is 2.98. The van der Waals surface area contributed by atoms with Crippen LogP contribution in [0.15, 0.2) is 23.2 Å². The second-order valence-corrected chi connectivity index (χ2v) is 10.4. The number of thioether (sulfide) groups is 1. The average molecular weight is 554 g/mol. The second kappa shape index (κ2) is 10.8. The summed E-state index contributed by atoms with van der Waals surface area (Å²) in [4.78, 5) is 6.95. The van der Waals surface area contributed by atoms with E-state index in [0.717, 1.165) is 73.7 Å². The van der Waals surface area contributed by atoms with E-state index in [1.165, 1.54) is 0 Å². The average Bonchev–Trinajstić information content (AvgIpc) is 2.68. The maximum atomic E-state index is 6.36. The summed E-state index contributed by atoms with van der Waals surface area (Å²) < 4.78 is 11.6. The molecule has 164 valence electrons. The monoisotopic (exact) mass is 553 g/mol. The van der Waals surface area contributed by atoms with E-state index in [1.54, 1.807) is 7.11 Å². The topological polar surface area (TPSA) is 46.1 Å². The molecule has 0 bridgehead atoms. The van der Waals surface area contributed by atoms with Gasteiger partial charge in [0.05, 0.1) is 7.11 Å². The number of hydrogen-bond acceptors (Lipinski definition) is 4. The summed E-state index contributed by atoms with van der Waals surface area (Å²) in [5.41, 5.74) is 1.06. The van der Waals surface area contributed by atoms with Gasteiger partial charge in [-0.05, 0) is 44.9 Å². The van der Waals surface area contributed by atoms with Gasteiger partial charge in [-0.2, -0.15) is 11.8 Å². The fourth-order valence-electron chi connectivity index (χ4n) is 4.18. The Morgan fingerprint density at radius 2 is 2.07 bits per heavy atom. The van der Waals surface area contributed by atoms with Crippen LogP contribution in [0.5, 0.6) is 5.75 Å². The number of nitrogens with zero attached hydrogens (tertiary/aromatic N) is 2. The van der Waals surface area contributed by atoms with Crippen molar-refractivity contribution in [3.8, 4) is 5.75 Å². The summed E-state index contributed by atoms with van der Waals surface area (Å²) in [6.45, 7) is 8.87. The first-order valence-corrected chi connectivity index (χ1v) is 11.3. The molecule has 0 aromatic heterocycles. The maximum absolute atomic E-state index is 6.36. The van der Waals surface area contributed by atoms with Gasteiger partial charge in [-0.25, -0.2) is 0 Å². The Kier molecular flexibility index (Phi) is 9.25. The Bertz CT molecular complexity index is 711. The minimum atomic E-state index is -0.0928. The summed E-state index contributed by atoms with van der Waals surface area (Å²) in [6.07, 6.45) is 1.85. The fraction of sp³-hybridized carbons (Fsp3) is 0.667. The molecule has 2 aliphatic heterocycles. The largest absolute Gasteiger partial charge is 0.496 e. The molecule has 0 amide bonds. The Labute approximate surface area is 201 Å². The highest BCUT2D eigenvalue weighted by atomic mass is 127. The Morgan fingerprint density at radius 1 is 1.34 bits per heavy atom. The third kappa shape index (κ3) is 6.08. The van der Waals surface area contributed by atoms with Crippen molar-refractivity contribution < 1.29 is 9.47 Å². The molecular weight excluding hydrogens is 521 g/mol. The van der Waals surface area contributed by atoms with E-state index >= 15 is 0 Å². The molecule has 2 aliphatic rings. The van der Waals surface area contributed by atoms with Gasteiger partial charge >= 0.3 is 0 Å². The lowest BCUT2D eigenvalue weighted by Crippen LogP contribution is -2.54. The quantitative estimate of drug-likeness (QED) is 0.340. The van der Waals surface area contributed by atoms with Gasteiger partial charge in [0, 0.05) is 66.4 Å². The van der Waals surface area contributed by atoms with E-state index in [9.17, 15) is 0 Å². The molecule has 0 saturated carbocycles. The van der Waals surface area contributed by atoms with Crippen molar-refractivity contribution in [3.05, 3.63) is 28.8 Å². The predicted octanol–water partition coefficient (Wildman–Crippen LogP) is 4.42. The van der Waals surface area contributed by atoms with Crippen LogP contribution in [0.1, 0.15) is 32.3 Å². The number of halogens is 2. The van der Waals surface area contributed by atoms with Crippen molar-refractivity contribution in [2.24, 2.45) is 4.99 Å². The molecule has 1 N–H and O–H groups in total. The number of hydrogen-bond donors (Lipinski definition) is 1. The molecule has 5 nitrogen and oxygen atoms in total. The maximum Gasteiger partial charge on any atom is 0.193 e. The van der Waals surface area contributed by atoms with Crippen LogP contribution in [0, 0.1) is 0 Å². The standard InChI is InChI=1S/C21H32ClN3O2S.HI/c1-20(2)15-25(9-12-28-20)19(23-3)24-14-21(7-10-27-11-8-21)17-13-16(22)5-6-18(17)26-4;/h5-6,13H,7-12,14-15H2,1-4H3,(H,23,24);1H. The van der Waals surface area contributed by atoms with Crippen molar-refractivity contribution in [1.29, 1.82) is 0 Å². The lowest BCUT2D eigenvalue weighted by molar-refractivity contribution is 0.0503. The minimum absolute atomic E-state index is 0. The molecule has 0 radical (unpaired) electrons. The van der Waals surface area contributed by atoms with Crippen molar-refractivity contribution in [2.45, 2.75) is 36.9 Å². The molecule has 2 saturated heterocycles. The van der Waals surface area contributed by atoms with Gasteiger partial charge in [0.1, 0.15) is 5.75 Å². The summed E-state index contributed by atoms with van der Waals surface area (Å²) in [7, 11) is 3.59. The normalized spacial score (nSPS) is 21.3. The van der Waals surface area contributed by atoms with E-state index < -0.39 is 0 Å². The first-order chi connectivity index (χ1) is 13.4. The summed E-state index contributed by atoms with van der Waals surface area (Å²) >= 11 is 8.39. The number of guanidine groups is 1. The van der Waals surface area contributed by atoms with Gasteiger partial charge in [-0.3, -0.25) is 4.99 Å². The molecule has 8 heteroatoms. The first-order valence-electron chi connectivity index (χ1n) is 9.90. The van der Waals surface area contributed by atoms with Crippen molar-refractivity contribution in [2.75, 3.05) is 52.8 Å². The second-order valence-electron chi connectivity index (χ2n) is 8.17. The predicted molar refractivity (Wildman–Crippen MR) is 135 cm³/mol. The van der Waals surface area contributed by atoms with Gasteiger partial charge in [-0.15, -0.1) is 24.0 Å². The number of aliphatic imine (C=N–C) groups is 1. The van der Waals surface area contributed by atoms with Gasteiger partial charge < -0.3 is 19.7 Å². The van der Waals surface area contributed by atoms with Crippen LogP contribution in [0.3, 0.4) is 0 Å². The first kappa shape index (κ1) is 24.9. The molecule has 0 aliphatic carbocycles. The van der Waals surface area contributed by atoms with E-state index in [2.05, 4.69) is 35.1 Å². The van der Waals surface area contributed by atoms with Gasteiger partial charge in [0.25, 0.3) is 0 Å². The van der Waals surface area contributed by atoms with E-state index in [1.807, 2.05) is 30.9 Å². The molecule has 3 rings (SSSR count). The Balaban J connectivity index is 0.00000300. The number of methoxy groups -OCH3 is 1. The zero-order chi connectivity index (χ0) is 20.2. The molecule has 29 heavy (non-hydrogen) atoms. The SMILES string of the molecule is CN=C(NCC1(c2cc(Cl)ccc2OC)CCOCC1)N1CCSC(C)(C)C1.I. The fourth-order valence-corrected chi connectivity index (χ4v) is 5.46. The molecule has 2 fully saturated rings. The molecule has 1 aromatic rings. The van der Waals surface area contributed by atoms with Crippen LogP contribution in [0.2, 0.25) is 5.02 Å². The third-order valence-corrected chi connectivity index (χ3v) is 7.24. The van der Waals surface area contributed by atoms with Crippen LogP contribution >= 0.6 is 47.3 Å². The van der Waals surface area contributed by atoms with Crippen molar-refractivity contribution in [3.63, 3.8) is 0 Å². The Morgan fingerprint density at radius 3 is 2.69 bits per heavy atom. The molecule has 0 atom stereocenters. The van der Waals surface area contributed by atoms with E-state index in [-0.39, 0.29) is 34.1 Å². The molecule has 1 aromatic carbocycles. The number of rotatable bonds is 4. The number of benzene rings is 1. The van der Waals surface area contributed by atoms with Crippen molar-refractivity contribution >= 4 is 53.3 Å². The van der Waals surface area contributed by atoms with Crippen LogP contribution in [-0.2, 0) is 10.2 Å². The molecule has 0 unspecified atom stereocenters. The van der Waals surface area contributed by atoms with Crippen LogP contribution in [0.4, 0.5) is 0 Å². The molecular formula is C21H33ClIN3O2S. The van der Waals surface area contributed by atoms with Crippen LogP contribution in [0.25, 0.3) is 0 Å². The number of nitrogens with one attached hydrogen (secondary N) is 1. The van der Waals surface area contributed by atoms with Crippen LogP contribution in [-0.4, -0.2) is 68.4 Å². The van der Waals surface area contributed by atoms with Gasteiger partial charge in [-0.1, -0.05) is 11.6 Å². The van der Waals surface area contributed by atoms with Gasteiger partial charge in [0.15, 0.2) is 5.96 Å². The molecule has 0 spiro atoms. The Hall–Kier alpha value is -0.380. The highest BCUT2D eigenvalue weighted by molar-refractivity contribution is 14.0. The zero-order valence-corrected chi connectivity index (χ0v) is 21.7.